The van der Waals surface area contributed by atoms with Crippen LogP contribution in [0.5, 0.6) is 0 Å². The number of rotatable bonds is 1. The maximum absolute atomic E-state index is 12.1. The van der Waals surface area contributed by atoms with Crippen molar-refractivity contribution in [3.8, 4) is 0 Å². The molecule has 3 rings (SSSR count). The van der Waals surface area contributed by atoms with Gasteiger partial charge in [0.2, 0.25) is 5.91 Å². The lowest BCUT2D eigenvalue weighted by molar-refractivity contribution is -0.118. The Morgan fingerprint density at radius 2 is 2.00 bits per heavy atom. The first-order valence-electron chi connectivity index (χ1n) is 6.81. The van der Waals surface area contributed by atoms with Crippen LogP contribution in [0.4, 0.5) is 10.5 Å². The van der Waals surface area contributed by atoms with Crippen molar-refractivity contribution in [2.75, 3.05) is 11.4 Å². The number of fused-ring (bicyclic) bond motifs is 1. The molecule has 1 amide bonds. The molecule has 0 spiro atoms. The number of hydrogen-bond acceptors (Lipinski definition) is 2. The Labute approximate surface area is 116 Å². The highest BCUT2D eigenvalue weighted by molar-refractivity contribution is 5.97. The molecule has 0 aliphatic carbocycles. The SMILES string of the molecule is O=C1CCCCCN1c1ccc2ccn(C(=O)O)c2c1. The Morgan fingerprint density at radius 1 is 1.15 bits per heavy atom. The van der Waals surface area contributed by atoms with Crippen molar-refractivity contribution in [1.29, 1.82) is 0 Å². The van der Waals surface area contributed by atoms with Crippen LogP contribution < -0.4 is 4.90 Å². The molecule has 1 aromatic heterocycles. The predicted molar refractivity (Wildman–Crippen MR) is 76.2 cm³/mol. The monoisotopic (exact) mass is 272 g/mol. The number of hydrogen-bond donors (Lipinski definition) is 1. The zero-order chi connectivity index (χ0) is 14.1. The summed E-state index contributed by atoms with van der Waals surface area (Å²) in [7, 11) is 0. The van der Waals surface area contributed by atoms with E-state index in [1.54, 1.807) is 17.0 Å². The molecule has 0 radical (unpaired) electrons. The Kier molecular flexibility index (Phi) is 3.18. The van der Waals surface area contributed by atoms with Gasteiger partial charge in [-0.15, -0.1) is 0 Å². The summed E-state index contributed by atoms with van der Waals surface area (Å²) in [5.41, 5.74) is 1.40. The highest BCUT2D eigenvalue weighted by atomic mass is 16.4. The van der Waals surface area contributed by atoms with Crippen molar-refractivity contribution in [3.05, 3.63) is 30.5 Å². The number of anilines is 1. The van der Waals surface area contributed by atoms with E-state index in [1.165, 1.54) is 10.8 Å². The average Bonchev–Trinajstić information content (AvgIpc) is 2.74. The second kappa shape index (κ2) is 5.00. The van der Waals surface area contributed by atoms with Crippen LogP contribution in [0.15, 0.2) is 30.5 Å². The molecule has 0 atom stereocenters. The number of benzene rings is 1. The number of carboxylic acid groups (broad SMARTS) is 1. The Morgan fingerprint density at radius 3 is 2.80 bits per heavy atom. The lowest BCUT2D eigenvalue weighted by Crippen LogP contribution is -2.29. The molecule has 1 fully saturated rings. The molecule has 1 aliphatic heterocycles. The van der Waals surface area contributed by atoms with Gasteiger partial charge in [-0.3, -0.25) is 9.36 Å². The molecule has 1 N–H and O–H groups in total. The average molecular weight is 272 g/mol. The minimum Gasteiger partial charge on any atom is -0.464 e. The first-order chi connectivity index (χ1) is 9.66. The quantitative estimate of drug-likeness (QED) is 0.867. The topological polar surface area (TPSA) is 62.5 Å². The maximum Gasteiger partial charge on any atom is 0.416 e. The van der Waals surface area contributed by atoms with Gasteiger partial charge < -0.3 is 10.0 Å². The van der Waals surface area contributed by atoms with Crippen molar-refractivity contribution in [2.45, 2.75) is 25.7 Å². The van der Waals surface area contributed by atoms with Gasteiger partial charge in [-0.2, -0.15) is 0 Å². The molecular weight excluding hydrogens is 256 g/mol. The molecule has 5 nitrogen and oxygen atoms in total. The van der Waals surface area contributed by atoms with E-state index < -0.39 is 6.09 Å². The van der Waals surface area contributed by atoms with Crippen molar-refractivity contribution in [1.82, 2.24) is 4.57 Å². The Balaban J connectivity index is 2.04. The van der Waals surface area contributed by atoms with Gasteiger partial charge in [0.25, 0.3) is 0 Å². The van der Waals surface area contributed by atoms with E-state index in [2.05, 4.69) is 0 Å². The number of carbonyl (C=O) groups is 2. The number of nitrogens with zero attached hydrogens (tertiary/aromatic N) is 2. The van der Waals surface area contributed by atoms with Crippen molar-refractivity contribution in [3.63, 3.8) is 0 Å². The minimum atomic E-state index is -1.01. The van der Waals surface area contributed by atoms with E-state index in [4.69, 9.17) is 5.11 Å². The molecular formula is C15H16N2O3. The highest BCUT2D eigenvalue weighted by Gasteiger charge is 2.19. The Hall–Kier alpha value is -2.30. The van der Waals surface area contributed by atoms with Crippen molar-refractivity contribution >= 4 is 28.6 Å². The predicted octanol–water partition coefficient (Wildman–Crippen LogP) is 3.07. The van der Waals surface area contributed by atoms with Crippen LogP contribution in [0, 0.1) is 0 Å². The van der Waals surface area contributed by atoms with Crippen LogP contribution >= 0.6 is 0 Å². The van der Waals surface area contributed by atoms with Crippen LogP contribution in [0.1, 0.15) is 25.7 Å². The second-order valence-electron chi connectivity index (χ2n) is 5.07. The summed E-state index contributed by atoms with van der Waals surface area (Å²) in [5.74, 6) is 0.121. The van der Waals surface area contributed by atoms with Crippen LogP contribution in [0.3, 0.4) is 0 Å². The van der Waals surface area contributed by atoms with Gasteiger partial charge in [0, 0.05) is 30.2 Å². The molecule has 1 aliphatic rings. The van der Waals surface area contributed by atoms with E-state index in [-0.39, 0.29) is 5.91 Å². The Bertz CT molecular complexity index is 675. The summed E-state index contributed by atoms with van der Waals surface area (Å²) >= 11 is 0. The van der Waals surface area contributed by atoms with Crippen LogP contribution in [-0.2, 0) is 4.79 Å². The first kappa shape index (κ1) is 12.7. The molecule has 1 aromatic carbocycles. The van der Waals surface area contributed by atoms with Gasteiger partial charge in [-0.25, -0.2) is 4.79 Å². The van der Waals surface area contributed by atoms with E-state index in [9.17, 15) is 9.59 Å². The van der Waals surface area contributed by atoms with E-state index in [0.717, 1.165) is 30.3 Å². The lowest BCUT2D eigenvalue weighted by Gasteiger charge is -2.20. The van der Waals surface area contributed by atoms with Gasteiger partial charge >= 0.3 is 6.09 Å². The second-order valence-corrected chi connectivity index (χ2v) is 5.07. The first-order valence-corrected chi connectivity index (χ1v) is 6.81. The smallest absolute Gasteiger partial charge is 0.416 e. The third-order valence-electron chi connectivity index (χ3n) is 3.77. The normalized spacial score (nSPS) is 16.4. The largest absolute Gasteiger partial charge is 0.464 e. The minimum absolute atomic E-state index is 0.121. The summed E-state index contributed by atoms with van der Waals surface area (Å²) in [6.45, 7) is 0.706. The van der Waals surface area contributed by atoms with Gasteiger partial charge in [-0.1, -0.05) is 12.5 Å². The fourth-order valence-electron chi connectivity index (χ4n) is 2.71. The van der Waals surface area contributed by atoms with Crippen molar-refractivity contribution in [2.24, 2.45) is 0 Å². The van der Waals surface area contributed by atoms with Crippen LogP contribution in [0.2, 0.25) is 0 Å². The third-order valence-corrected chi connectivity index (χ3v) is 3.77. The van der Waals surface area contributed by atoms with E-state index in [0.29, 0.717) is 18.5 Å². The molecule has 104 valence electrons. The van der Waals surface area contributed by atoms with Gasteiger partial charge in [-0.05, 0) is 31.0 Å². The van der Waals surface area contributed by atoms with E-state index in [1.807, 2.05) is 12.1 Å². The van der Waals surface area contributed by atoms with Crippen molar-refractivity contribution < 1.29 is 14.7 Å². The summed E-state index contributed by atoms with van der Waals surface area (Å²) in [6, 6.07) is 7.30. The third kappa shape index (κ3) is 2.15. The maximum atomic E-state index is 12.1. The van der Waals surface area contributed by atoms with Gasteiger partial charge in [0.15, 0.2) is 0 Å². The molecule has 2 aromatic rings. The molecule has 5 heteroatoms. The standard InChI is InChI=1S/C15H16N2O3/c18-14-4-2-1-3-8-16(14)12-6-5-11-7-9-17(15(19)20)13(11)10-12/h5-7,9-10H,1-4,8H2,(H,19,20). The zero-order valence-electron chi connectivity index (χ0n) is 11.1. The molecule has 20 heavy (non-hydrogen) atoms. The molecule has 0 bridgehead atoms. The van der Waals surface area contributed by atoms with Gasteiger partial charge in [0.05, 0.1) is 5.52 Å². The molecule has 0 saturated carbocycles. The lowest BCUT2D eigenvalue weighted by atomic mass is 10.2. The van der Waals surface area contributed by atoms with E-state index >= 15 is 0 Å². The fraction of sp³-hybridized carbons (Fsp3) is 0.333. The fourth-order valence-corrected chi connectivity index (χ4v) is 2.71. The van der Waals surface area contributed by atoms with Crippen LogP contribution in [-0.4, -0.2) is 28.2 Å². The van der Waals surface area contributed by atoms with Gasteiger partial charge in [0.1, 0.15) is 0 Å². The number of carbonyl (C=O) groups excluding carboxylic acids is 1. The number of amides is 1. The summed E-state index contributed by atoms with van der Waals surface area (Å²) in [4.78, 5) is 25.0. The summed E-state index contributed by atoms with van der Waals surface area (Å²) in [6.07, 6.45) is 4.07. The zero-order valence-corrected chi connectivity index (χ0v) is 11.1. The number of aromatic nitrogens is 1. The highest BCUT2D eigenvalue weighted by Crippen LogP contribution is 2.25. The summed E-state index contributed by atoms with van der Waals surface area (Å²) < 4.78 is 1.18. The molecule has 0 unspecified atom stereocenters. The molecule has 2 heterocycles. The van der Waals surface area contributed by atoms with Crippen LogP contribution in [0.25, 0.3) is 10.9 Å². The molecule has 1 saturated heterocycles. The summed E-state index contributed by atoms with van der Waals surface area (Å²) in [5, 5.41) is 10.0.